The summed E-state index contributed by atoms with van der Waals surface area (Å²) in [6.07, 6.45) is 3.75. The lowest BCUT2D eigenvalue weighted by molar-refractivity contribution is -0.121. The molecule has 0 bridgehead atoms. The molecule has 1 aromatic rings. The number of fused-ring (bicyclic) bond motifs is 1. The van der Waals surface area contributed by atoms with Gasteiger partial charge in [0.1, 0.15) is 0 Å². The van der Waals surface area contributed by atoms with E-state index in [9.17, 15) is 4.79 Å². The summed E-state index contributed by atoms with van der Waals surface area (Å²) in [5.41, 5.74) is 1.51. The molecule has 0 spiro atoms. The Morgan fingerprint density at radius 1 is 1.53 bits per heavy atom. The fourth-order valence-corrected chi connectivity index (χ4v) is 3.62. The highest BCUT2D eigenvalue weighted by molar-refractivity contribution is 7.12. The third kappa shape index (κ3) is 4.30. The summed E-state index contributed by atoms with van der Waals surface area (Å²) in [5.74, 6) is 0.0219. The van der Waals surface area contributed by atoms with E-state index in [4.69, 9.17) is 4.74 Å². The first-order chi connectivity index (χ1) is 9.19. The fourth-order valence-electron chi connectivity index (χ4n) is 2.39. The van der Waals surface area contributed by atoms with Gasteiger partial charge in [-0.2, -0.15) is 0 Å². The Kier molecular flexibility index (Phi) is 5.36. The zero-order valence-corrected chi connectivity index (χ0v) is 12.4. The zero-order chi connectivity index (χ0) is 13.7. The molecule has 1 aliphatic carbocycles. The van der Waals surface area contributed by atoms with E-state index in [1.807, 2.05) is 18.3 Å². The van der Waals surface area contributed by atoms with Gasteiger partial charge in [-0.1, -0.05) is 0 Å². The van der Waals surface area contributed by atoms with Crippen molar-refractivity contribution in [3.05, 3.63) is 21.4 Å². The first-order valence-corrected chi connectivity index (χ1v) is 7.60. The number of carbonyl (C=O) groups excluding carboxylic acids is 1. The Balaban J connectivity index is 1.67. The average molecular weight is 282 g/mol. The van der Waals surface area contributed by atoms with E-state index in [1.165, 1.54) is 34.6 Å². The molecule has 0 saturated heterocycles. The first-order valence-electron chi connectivity index (χ1n) is 6.78. The van der Waals surface area contributed by atoms with Crippen LogP contribution in [0, 0.1) is 0 Å². The van der Waals surface area contributed by atoms with Gasteiger partial charge in [0, 0.05) is 29.5 Å². The second-order valence-electron chi connectivity index (χ2n) is 5.04. The van der Waals surface area contributed by atoms with Crippen LogP contribution < -0.4 is 10.6 Å². The summed E-state index contributed by atoms with van der Waals surface area (Å²) in [5, 5.41) is 6.08. The van der Waals surface area contributed by atoms with Crippen molar-refractivity contribution < 1.29 is 9.53 Å². The van der Waals surface area contributed by atoms with Crippen LogP contribution in [0.3, 0.4) is 0 Å². The first kappa shape index (κ1) is 14.5. The maximum Gasteiger partial charge on any atom is 0.234 e. The van der Waals surface area contributed by atoms with E-state index in [0.29, 0.717) is 13.2 Å². The van der Waals surface area contributed by atoms with Crippen LogP contribution in [0.15, 0.2) is 6.07 Å². The minimum absolute atomic E-state index is 0.0219. The van der Waals surface area contributed by atoms with Crippen LogP contribution in [-0.4, -0.2) is 32.2 Å². The number of nitrogens with one attached hydrogen (secondary N) is 2. The Morgan fingerprint density at radius 3 is 3.11 bits per heavy atom. The predicted octanol–water partition coefficient (Wildman–Crippen LogP) is 1.48. The molecule has 0 fully saturated rings. The molecular formula is C14H22N2O2S. The highest BCUT2D eigenvalue weighted by Gasteiger charge is 2.14. The van der Waals surface area contributed by atoms with Gasteiger partial charge in [0.15, 0.2) is 0 Å². The molecule has 0 saturated carbocycles. The van der Waals surface area contributed by atoms with Gasteiger partial charge in [-0.15, -0.1) is 11.3 Å². The van der Waals surface area contributed by atoms with Crippen molar-refractivity contribution in [2.75, 3.05) is 20.3 Å². The van der Waals surface area contributed by atoms with Gasteiger partial charge in [-0.3, -0.25) is 4.79 Å². The molecule has 19 heavy (non-hydrogen) atoms. The molecule has 2 N–H and O–H groups in total. The maximum absolute atomic E-state index is 11.6. The highest BCUT2D eigenvalue weighted by atomic mass is 32.1. The van der Waals surface area contributed by atoms with Crippen LogP contribution in [0.1, 0.15) is 28.7 Å². The van der Waals surface area contributed by atoms with E-state index in [-0.39, 0.29) is 11.9 Å². The molecule has 1 heterocycles. The van der Waals surface area contributed by atoms with Gasteiger partial charge in [0.2, 0.25) is 5.91 Å². The third-order valence-electron chi connectivity index (χ3n) is 3.21. The summed E-state index contributed by atoms with van der Waals surface area (Å²) in [7, 11) is 1.64. The summed E-state index contributed by atoms with van der Waals surface area (Å²) >= 11 is 1.88. The number of hydrogen-bond acceptors (Lipinski definition) is 4. The minimum Gasteiger partial charge on any atom is -0.383 e. The van der Waals surface area contributed by atoms with E-state index in [2.05, 4.69) is 16.7 Å². The molecule has 2 rings (SSSR count). The van der Waals surface area contributed by atoms with Crippen molar-refractivity contribution in [1.29, 1.82) is 0 Å². The number of carbonyl (C=O) groups is 1. The molecule has 1 aromatic heterocycles. The molecule has 4 nitrogen and oxygen atoms in total. The second-order valence-corrected chi connectivity index (χ2v) is 6.26. The molecule has 106 valence electrons. The number of methoxy groups -OCH3 is 1. The minimum atomic E-state index is 0.0219. The van der Waals surface area contributed by atoms with Crippen LogP contribution in [0.5, 0.6) is 0 Å². The molecule has 0 radical (unpaired) electrons. The molecular weight excluding hydrogens is 260 g/mol. The number of amides is 1. The normalized spacial score (nSPS) is 15.3. The SMILES string of the molecule is COCC(C)NC(=O)CNCc1cc2c(s1)CCC2. The van der Waals surface area contributed by atoms with Crippen LogP contribution in [0.4, 0.5) is 0 Å². The third-order valence-corrected chi connectivity index (χ3v) is 4.44. The lowest BCUT2D eigenvalue weighted by Crippen LogP contribution is -2.40. The lowest BCUT2D eigenvalue weighted by Gasteiger charge is -2.12. The van der Waals surface area contributed by atoms with E-state index < -0.39 is 0 Å². The molecule has 1 unspecified atom stereocenters. The molecule has 5 heteroatoms. The van der Waals surface area contributed by atoms with Gasteiger partial charge in [-0.25, -0.2) is 0 Å². The van der Waals surface area contributed by atoms with Crippen molar-refractivity contribution in [2.45, 2.75) is 38.8 Å². The van der Waals surface area contributed by atoms with Crippen molar-refractivity contribution in [3.63, 3.8) is 0 Å². The van der Waals surface area contributed by atoms with E-state index >= 15 is 0 Å². The van der Waals surface area contributed by atoms with Gasteiger partial charge in [-0.05, 0) is 37.8 Å². The van der Waals surface area contributed by atoms with Crippen LogP contribution in [0.2, 0.25) is 0 Å². The highest BCUT2D eigenvalue weighted by Crippen LogP contribution is 2.30. The van der Waals surface area contributed by atoms with Crippen molar-refractivity contribution >= 4 is 17.2 Å². The van der Waals surface area contributed by atoms with Crippen LogP contribution in [0.25, 0.3) is 0 Å². The molecule has 1 aliphatic rings. The van der Waals surface area contributed by atoms with Crippen molar-refractivity contribution in [3.8, 4) is 0 Å². The number of rotatable bonds is 7. The average Bonchev–Trinajstić information content (AvgIpc) is 2.89. The van der Waals surface area contributed by atoms with Gasteiger partial charge < -0.3 is 15.4 Å². The molecule has 0 aromatic carbocycles. The summed E-state index contributed by atoms with van der Waals surface area (Å²) in [6, 6.07) is 2.34. The van der Waals surface area contributed by atoms with Crippen molar-refractivity contribution in [2.24, 2.45) is 0 Å². The Morgan fingerprint density at radius 2 is 2.37 bits per heavy atom. The Bertz CT molecular complexity index is 410. The molecule has 0 aliphatic heterocycles. The zero-order valence-electron chi connectivity index (χ0n) is 11.6. The Hall–Kier alpha value is -0.910. The van der Waals surface area contributed by atoms with Gasteiger partial charge in [0.05, 0.1) is 13.2 Å². The predicted molar refractivity (Wildman–Crippen MR) is 77.5 cm³/mol. The smallest absolute Gasteiger partial charge is 0.234 e. The molecule has 1 atom stereocenters. The van der Waals surface area contributed by atoms with Crippen LogP contribution >= 0.6 is 11.3 Å². The summed E-state index contributed by atoms with van der Waals surface area (Å²) in [6.45, 7) is 3.62. The Labute approximate surface area is 118 Å². The topological polar surface area (TPSA) is 50.4 Å². The fraction of sp³-hybridized carbons (Fsp3) is 0.643. The standard InChI is InChI=1S/C14H22N2O2S/c1-10(9-18-2)16-14(17)8-15-7-12-6-11-4-3-5-13(11)19-12/h6,10,15H,3-5,7-9H2,1-2H3,(H,16,17). The monoisotopic (exact) mass is 282 g/mol. The number of hydrogen-bond donors (Lipinski definition) is 2. The second kappa shape index (κ2) is 7.03. The number of aryl methyl sites for hydroxylation is 2. The van der Waals surface area contributed by atoms with Crippen molar-refractivity contribution in [1.82, 2.24) is 10.6 Å². The van der Waals surface area contributed by atoms with E-state index in [1.54, 1.807) is 7.11 Å². The number of ether oxygens (including phenoxy) is 1. The van der Waals surface area contributed by atoms with Gasteiger partial charge >= 0.3 is 0 Å². The molecule has 1 amide bonds. The largest absolute Gasteiger partial charge is 0.383 e. The van der Waals surface area contributed by atoms with E-state index in [0.717, 1.165) is 6.54 Å². The lowest BCUT2D eigenvalue weighted by atomic mass is 10.2. The maximum atomic E-state index is 11.6. The van der Waals surface area contributed by atoms with Crippen LogP contribution in [-0.2, 0) is 28.9 Å². The summed E-state index contributed by atoms with van der Waals surface area (Å²) < 4.78 is 4.98. The number of thiophene rings is 1. The summed E-state index contributed by atoms with van der Waals surface area (Å²) in [4.78, 5) is 14.5. The van der Waals surface area contributed by atoms with Gasteiger partial charge in [0.25, 0.3) is 0 Å². The quantitative estimate of drug-likeness (QED) is 0.796.